The lowest BCUT2D eigenvalue weighted by Gasteiger charge is -2.36. The van der Waals surface area contributed by atoms with E-state index in [-0.39, 0.29) is 39.0 Å². The number of aromatic nitrogens is 2. The normalized spacial score (nSPS) is 10.9. The predicted octanol–water partition coefficient (Wildman–Crippen LogP) is 6.26. The van der Waals surface area contributed by atoms with E-state index in [9.17, 15) is 24.3 Å². The van der Waals surface area contributed by atoms with Crippen molar-refractivity contribution < 1.29 is 47.7 Å². The Morgan fingerprint density at radius 2 is 1.11 bits per heavy atom. The van der Waals surface area contributed by atoms with Gasteiger partial charge in [0.1, 0.15) is 5.75 Å². The highest BCUT2D eigenvalue weighted by Crippen LogP contribution is 2.40. The summed E-state index contributed by atoms with van der Waals surface area (Å²) in [6.07, 6.45) is 5.84. The minimum absolute atomic E-state index is 0.0430. The zero-order valence-corrected chi connectivity index (χ0v) is 28.1. The van der Waals surface area contributed by atoms with Gasteiger partial charge in [-0.15, -0.1) is 0 Å². The number of esters is 4. The molecule has 4 rings (SSSR count). The lowest BCUT2D eigenvalue weighted by atomic mass is 10.2. The largest absolute Gasteiger partial charge is 0.541 e. The monoisotopic (exact) mass is 660 g/mol. The lowest BCUT2D eigenvalue weighted by molar-refractivity contribution is 0.0590. The fraction of sp³-hybridized carbons (Fsp3) is 0.235. The molecule has 12 nitrogen and oxygen atoms in total. The summed E-state index contributed by atoms with van der Waals surface area (Å²) >= 11 is 0. The molecule has 0 saturated heterocycles. The molecule has 0 bridgehead atoms. The molecule has 2 aromatic heterocycles. The molecule has 1 N–H and O–H groups in total. The first kappa shape index (κ1) is 35.9. The number of carbonyl (C=O) groups is 4. The fourth-order valence-electron chi connectivity index (χ4n) is 3.47. The van der Waals surface area contributed by atoms with Crippen LogP contribution in [0.3, 0.4) is 0 Å². The molecule has 0 aliphatic rings. The molecular formula is C34H36N2O10Si. The average molecular weight is 661 g/mol. The second-order valence-corrected chi connectivity index (χ2v) is 16.2. The number of carbonyl (C=O) groups excluding carboxylic acids is 4. The van der Waals surface area contributed by atoms with Crippen LogP contribution in [-0.2, 0) is 9.47 Å². The van der Waals surface area contributed by atoms with Gasteiger partial charge in [0.05, 0.1) is 36.5 Å². The number of benzene rings is 2. The number of rotatable bonds is 8. The number of pyridine rings is 2. The fourth-order valence-corrected chi connectivity index (χ4v) is 4.49. The summed E-state index contributed by atoms with van der Waals surface area (Å²) in [6, 6.07) is 14.9. The SMILES string of the molecule is COC(=O)c1ccc(O)c(OC(=O)c2cccnc2)c1.COC(=O)c1ccc(O[Si](C)(C)C(C)(C)C)c(OC(=O)c2cccnc2)c1. The third kappa shape index (κ3) is 9.71. The van der Waals surface area contributed by atoms with Crippen molar-refractivity contribution in [3.63, 3.8) is 0 Å². The summed E-state index contributed by atoms with van der Waals surface area (Å²) < 4.78 is 26.2. The highest BCUT2D eigenvalue weighted by atomic mass is 28.4. The van der Waals surface area contributed by atoms with E-state index in [1.807, 2.05) is 0 Å². The van der Waals surface area contributed by atoms with Crippen molar-refractivity contribution in [3.8, 4) is 23.0 Å². The van der Waals surface area contributed by atoms with Gasteiger partial charge in [-0.25, -0.2) is 19.2 Å². The molecule has 47 heavy (non-hydrogen) atoms. The van der Waals surface area contributed by atoms with Crippen LogP contribution in [0.4, 0.5) is 0 Å². The standard InChI is InChI=1S/C20H25NO5Si.C14H11NO5/c1-20(2,3)27(5,6)26-16-10-9-14(18(22)24-4)12-17(16)25-19(23)15-8-7-11-21-13-15;1-19-13(17)9-4-5-11(16)12(7-9)20-14(18)10-3-2-6-15-8-10/h7-13H,1-6H3;2-8,16H,1H3. The first-order chi connectivity index (χ1) is 22.2. The van der Waals surface area contributed by atoms with E-state index in [1.54, 1.807) is 36.5 Å². The Hall–Kier alpha value is -5.56. The zero-order chi connectivity index (χ0) is 34.8. The molecule has 0 aliphatic heterocycles. The number of methoxy groups -OCH3 is 2. The van der Waals surface area contributed by atoms with Crippen molar-refractivity contribution in [2.45, 2.75) is 38.9 Å². The van der Waals surface area contributed by atoms with Gasteiger partial charge in [0, 0.05) is 24.8 Å². The first-order valence-electron chi connectivity index (χ1n) is 14.2. The Bertz CT molecular complexity index is 1720. The van der Waals surface area contributed by atoms with Crippen molar-refractivity contribution in [2.75, 3.05) is 14.2 Å². The molecular weight excluding hydrogens is 624 g/mol. The number of aromatic hydroxyl groups is 1. The van der Waals surface area contributed by atoms with Crippen molar-refractivity contribution in [2.24, 2.45) is 0 Å². The molecule has 2 heterocycles. The van der Waals surface area contributed by atoms with Gasteiger partial charge in [-0.3, -0.25) is 9.97 Å². The minimum atomic E-state index is -2.18. The Morgan fingerprint density at radius 1 is 0.638 bits per heavy atom. The summed E-state index contributed by atoms with van der Waals surface area (Å²) in [7, 11) is 0.348. The molecule has 0 fully saturated rings. The van der Waals surface area contributed by atoms with E-state index >= 15 is 0 Å². The molecule has 0 unspecified atom stereocenters. The van der Waals surface area contributed by atoms with Crippen LogP contribution in [-0.4, -0.2) is 61.5 Å². The lowest BCUT2D eigenvalue weighted by Crippen LogP contribution is -2.44. The molecule has 0 atom stereocenters. The van der Waals surface area contributed by atoms with Gasteiger partial charge in [0.2, 0.25) is 0 Å². The van der Waals surface area contributed by atoms with Crippen molar-refractivity contribution in [1.82, 2.24) is 9.97 Å². The Morgan fingerprint density at radius 3 is 1.55 bits per heavy atom. The molecule has 0 aliphatic carbocycles. The van der Waals surface area contributed by atoms with Gasteiger partial charge < -0.3 is 28.5 Å². The Balaban J connectivity index is 0.000000267. The summed E-state index contributed by atoms with van der Waals surface area (Å²) in [5, 5.41) is 9.60. The summed E-state index contributed by atoms with van der Waals surface area (Å²) in [5.74, 6) is -2.16. The third-order valence-corrected chi connectivity index (χ3v) is 11.5. The summed E-state index contributed by atoms with van der Waals surface area (Å²) in [6.45, 7) is 10.5. The van der Waals surface area contributed by atoms with Crippen LogP contribution in [0.5, 0.6) is 23.0 Å². The zero-order valence-electron chi connectivity index (χ0n) is 27.1. The van der Waals surface area contributed by atoms with E-state index in [1.165, 1.54) is 63.1 Å². The van der Waals surface area contributed by atoms with Crippen LogP contribution in [0.2, 0.25) is 18.1 Å². The van der Waals surface area contributed by atoms with Gasteiger partial charge in [0.15, 0.2) is 17.2 Å². The molecule has 0 spiro atoms. The molecule has 0 radical (unpaired) electrons. The number of phenols is 1. The van der Waals surface area contributed by atoms with Crippen molar-refractivity contribution >= 4 is 32.2 Å². The van der Waals surface area contributed by atoms with Crippen LogP contribution in [0.15, 0.2) is 85.5 Å². The van der Waals surface area contributed by atoms with E-state index in [0.29, 0.717) is 11.3 Å². The van der Waals surface area contributed by atoms with Gasteiger partial charge in [-0.1, -0.05) is 20.8 Å². The summed E-state index contributed by atoms with van der Waals surface area (Å²) in [5.41, 5.74) is 0.975. The van der Waals surface area contributed by atoms with Gasteiger partial charge in [-0.05, 0) is 78.8 Å². The predicted molar refractivity (Wildman–Crippen MR) is 173 cm³/mol. The summed E-state index contributed by atoms with van der Waals surface area (Å²) in [4.78, 5) is 55.2. The second-order valence-electron chi connectivity index (χ2n) is 11.5. The van der Waals surface area contributed by atoms with E-state index in [2.05, 4.69) is 48.6 Å². The molecule has 4 aromatic rings. The van der Waals surface area contributed by atoms with E-state index < -0.39 is 32.2 Å². The highest BCUT2D eigenvalue weighted by Gasteiger charge is 2.39. The highest BCUT2D eigenvalue weighted by molar-refractivity contribution is 6.74. The molecule has 0 saturated carbocycles. The number of phenolic OH excluding ortho intramolecular Hbond substituents is 1. The number of hydrogen-bond donors (Lipinski definition) is 1. The maximum Gasteiger partial charge on any atom is 0.345 e. The second kappa shape index (κ2) is 15.6. The van der Waals surface area contributed by atoms with Crippen LogP contribution in [0, 0.1) is 0 Å². The van der Waals surface area contributed by atoms with Crippen LogP contribution < -0.4 is 13.9 Å². The molecule has 13 heteroatoms. The van der Waals surface area contributed by atoms with E-state index in [4.69, 9.17) is 18.6 Å². The van der Waals surface area contributed by atoms with Crippen molar-refractivity contribution in [3.05, 3.63) is 108 Å². The van der Waals surface area contributed by atoms with Gasteiger partial charge in [-0.2, -0.15) is 0 Å². The molecule has 246 valence electrons. The number of ether oxygens (including phenoxy) is 4. The first-order valence-corrected chi connectivity index (χ1v) is 17.1. The third-order valence-electron chi connectivity index (χ3n) is 7.12. The number of hydrogen-bond acceptors (Lipinski definition) is 12. The Labute approximate surface area is 273 Å². The Kier molecular flexibility index (Phi) is 11.9. The topological polar surface area (TPSA) is 160 Å². The molecule has 2 aromatic carbocycles. The van der Waals surface area contributed by atoms with Crippen LogP contribution in [0.25, 0.3) is 0 Å². The van der Waals surface area contributed by atoms with Crippen LogP contribution >= 0.6 is 0 Å². The number of nitrogens with zero attached hydrogens (tertiary/aromatic N) is 2. The smallest absolute Gasteiger partial charge is 0.345 e. The maximum absolute atomic E-state index is 12.5. The minimum Gasteiger partial charge on any atom is -0.541 e. The van der Waals surface area contributed by atoms with E-state index in [0.717, 1.165) is 0 Å². The van der Waals surface area contributed by atoms with Gasteiger partial charge >= 0.3 is 23.9 Å². The van der Waals surface area contributed by atoms with Crippen molar-refractivity contribution in [1.29, 1.82) is 0 Å². The average Bonchev–Trinajstić information content (AvgIpc) is 3.06. The van der Waals surface area contributed by atoms with Gasteiger partial charge in [0.25, 0.3) is 8.32 Å². The van der Waals surface area contributed by atoms with Crippen LogP contribution in [0.1, 0.15) is 62.2 Å². The quantitative estimate of drug-likeness (QED) is 0.128. The molecule has 0 amide bonds. The maximum atomic E-state index is 12.5.